The minimum Gasteiger partial charge on any atom is -0.454 e. The Bertz CT molecular complexity index is 768. The second-order valence-corrected chi connectivity index (χ2v) is 7.56. The van der Waals surface area contributed by atoms with Crippen LogP contribution < -0.4 is 14.9 Å². The van der Waals surface area contributed by atoms with E-state index in [9.17, 15) is 22.8 Å². The van der Waals surface area contributed by atoms with Gasteiger partial charge in [0.25, 0.3) is 5.91 Å². The number of anilines is 1. The van der Waals surface area contributed by atoms with Crippen LogP contribution in [0.15, 0.2) is 24.3 Å². The predicted molar refractivity (Wildman–Crippen MR) is 96.4 cm³/mol. The highest BCUT2D eigenvalue weighted by Crippen LogP contribution is 2.21. The van der Waals surface area contributed by atoms with Gasteiger partial charge in [0.1, 0.15) is 6.54 Å². The van der Waals surface area contributed by atoms with Gasteiger partial charge in [-0.2, -0.15) is 0 Å². The van der Waals surface area contributed by atoms with Crippen LogP contribution in [0.25, 0.3) is 0 Å². The molecular weight excluding hydrogens is 386 g/mol. The zero-order valence-electron chi connectivity index (χ0n) is 14.3. The first-order valence-corrected chi connectivity index (χ1v) is 9.82. The van der Waals surface area contributed by atoms with Crippen molar-refractivity contribution in [1.82, 2.24) is 10.6 Å². The second-order valence-electron chi connectivity index (χ2n) is 5.21. The standard InChI is InChI=1S/C15H20ClN3O6S/c1-3-7-17-15(22)18-13(20)10-25-14(21)9-19(26(2,23)24)12-6-4-5-11(16)8-12/h4-6,8H,3,7,9-10H2,1-2H3,(H2,17,18,20,22). The molecule has 0 saturated heterocycles. The van der Waals surface area contributed by atoms with E-state index in [0.29, 0.717) is 18.0 Å². The predicted octanol–water partition coefficient (Wildman–Crippen LogP) is 0.885. The van der Waals surface area contributed by atoms with E-state index in [4.69, 9.17) is 16.3 Å². The molecule has 0 spiro atoms. The highest BCUT2D eigenvalue weighted by molar-refractivity contribution is 7.92. The van der Waals surface area contributed by atoms with Crippen molar-refractivity contribution < 1.29 is 27.5 Å². The quantitative estimate of drug-likeness (QED) is 0.619. The summed E-state index contributed by atoms with van der Waals surface area (Å²) < 4.78 is 29.3. The van der Waals surface area contributed by atoms with Gasteiger partial charge in [0, 0.05) is 11.6 Å². The van der Waals surface area contributed by atoms with Gasteiger partial charge in [-0.15, -0.1) is 0 Å². The zero-order chi connectivity index (χ0) is 19.7. The molecule has 9 nitrogen and oxygen atoms in total. The number of esters is 1. The molecule has 1 aromatic rings. The molecule has 1 rings (SSSR count). The van der Waals surface area contributed by atoms with E-state index in [1.54, 1.807) is 6.07 Å². The Morgan fingerprint density at radius 1 is 1.27 bits per heavy atom. The summed E-state index contributed by atoms with van der Waals surface area (Å²) in [6, 6.07) is 5.22. The number of nitrogens with zero attached hydrogens (tertiary/aromatic N) is 1. The molecule has 0 aliphatic heterocycles. The maximum atomic E-state index is 11.9. The number of imide groups is 1. The first-order valence-electron chi connectivity index (χ1n) is 7.60. The minimum absolute atomic E-state index is 0.181. The number of urea groups is 1. The SMILES string of the molecule is CCCNC(=O)NC(=O)COC(=O)CN(c1cccc(Cl)c1)S(C)(=O)=O. The van der Waals surface area contributed by atoms with Crippen molar-refractivity contribution in [3.8, 4) is 0 Å². The van der Waals surface area contributed by atoms with E-state index in [1.807, 2.05) is 12.2 Å². The topological polar surface area (TPSA) is 122 Å². The lowest BCUT2D eigenvalue weighted by atomic mass is 10.3. The fraction of sp³-hybridized carbons (Fsp3) is 0.400. The highest BCUT2D eigenvalue weighted by Gasteiger charge is 2.22. The van der Waals surface area contributed by atoms with Gasteiger partial charge >= 0.3 is 12.0 Å². The van der Waals surface area contributed by atoms with E-state index < -0.39 is 41.1 Å². The van der Waals surface area contributed by atoms with Crippen LogP contribution in [0.2, 0.25) is 5.02 Å². The Balaban J connectivity index is 2.63. The van der Waals surface area contributed by atoms with Crippen molar-refractivity contribution >= 4 is 45.2 Å². The third-order valence-corrected chi connectivity index (χ3v) is 4.30. The molecule has 0 aromatic heterocycles. The van der Waals surface area contributed by atoms with E-state index in [0.717, 1.165) is 10.6 Å². The fourth-order valence-electron chi connectivity index (χ4n) is 1.79. The Morgan fingerprint density at radius 2 is 1.96 bits per heavy atom. The highest BCUT2D eigenvalue weighted by atomic mass is 35.5. The van der Waals surface area contributed by atoms with Crippen molar-refractivity contribution in [2.45, 2.75) is 13.3 Å². The van der Waals surface area contributed by atoms with Crippen molar-refractivity contribution in [2.75, 3.05) is 30.3 Å². The first-order chi connectivity index (χ1) is 12.1. The van der Waals surface area contributed by atoms with Crippen molar-refractivity contribution in [1.29, 1.82) is 0 Å². The van der Waals surface area contributed by atoms with Crippen molar-refractivity contribution in [2.24, 2.45) is 0 Å². The average molecular weight is 406 g/mol. The third-order valence-electron chi connectivity index (χ3n) is 2.92. The van der Waals surface area contributed by atoms with Gasteiger partial charge < -0.3 is 10.1 Å². The number of hydrogen-bond donors (Lipinski definition) is 2. The van der Waals surface area contributed by atoms with Gasteiger partial charge in [-0.25, -0.2) is 13.2 Å². The van der Waals surface area contributed by atoms with Crippen LogP contribution in [-0.4, -0.2) is 52.3 Å². The number of halogens is 1. The normalized spacial score (nSPS) is 10.7. The molecule has 0 aliphatic carbocycles. The maximum absolute atomic E-state index is 11.9. The average Bonchev–Trinajstić information content (AvgIpc) is 2.55. The molecule has 2 N–H and O–H groups in total. The Morgan fingerprint density at radius 3 is 2.54 bits per heavy atom. The number of amides is 3. The first kappa shape index (κ1) is 21.7. The lowest BCUT2D eigenvalue weighted by Gasteiger charge is -2.21. The van der Waals surface area contributed by atoms with Gasteiger partial charge in [0.15, 0.2) is 6.61 Å². The molecular formula is C15H20ClN3O6S. The van der Waals surface area contributed by atoms with Crippen LogP contribution in [0.5, 0.6) is 0 Å². The molecule has 0 heterocycles. The van der Waals surface area contributed by atoms with Gasteiger partial charge in [-0.1, -0.05) is 24.6 Å². The number of rotatable bonds is 8. The van der Waals surface area contributed by atoms with Gasteiger partial charge in [0.05, 0.1) is 11.9 Å². The van der Waals surface area contributed by atoms with Crippen LogP contribution >= 0.6 is 11.6 Å². The smallest absolute Gasteiger partial charge is 0.327 e. The van der Waals surface area contributed by atoms with Gasteiger partial charge in [-0.3, -0.25) is 19.2 Å². The molecule has 0 fully saturated rings. The molecule has 26 heavy (non-hydrogen) atoms. The monoisotopic (exact) mass is 405 g/mol. The summed E-state index contributed by atoms with van der Waals surface area (Å²) in [7, 11) is -3.79. The molecule has 0 unspecified atom stereocenters. The summed E-state index contributed by atoms with van der Waals surface area (Å²) in [6.45, 7) is 0.874. The summed E-state index contributed by atoms with van der Waals surface area (Å²) in [6.07, 6.45) is 1.62. The summed E-state index contributed by atoms with van der Waals surface area (Å²) in [4.78, 5) is 34.7. The largest absolute Gasteiger partial charge is 0.454 e. The molecule has 0 radical (unpaired) electrons. The minimum atomic E-state index is -3.79. The third kappa shape index (κ3) is 7.70. The Kier molecular flexibility index (Phi) is 8.33. The fourth-order valence-corrected chi connectivity index (χ4v) is 2.81. The number of carbonyl (C=O) groups excluding carboxylic acids is 3. The molecule has 11 heteroatoms. The van der Waals surface area contributed by atoms with Crippen LogP contribution in [0.1, 0.15) is 13.3 Å². The van der Waals surface area contributed by atoms with Gasteiger partial charge in [0.2, 0.25) is 10.0 Å². The molecule has 0 saturated carbocycles. The molecule has 144 valence electrons. The lowest BCUT2D eigenvalue weighted by Crippen LogP contribution is -2.42. The number of hydrogen-bond acceptors (Lipinski definition) is 6. The molecule has 0 aliphatic rings. The molecule has 0 atom stereocenters. The summed E-state index contributed by atoms with van der Waals surface area (Å²) >= 11 is 5.83. The van der Waals surface area contributed by atoms with Crippen LogP contribution in [0, 0.1) is 0 Å². The molecule has 1 aromatic carbocycles. The van der Waals surface area contributed by atoms with Crippen LogP contribution in [0.4, 0.5) is 10.5 Å². The van der Waals surface area contributed by atoms with E-state index in [2.05, 4.69) is 5.32 Å². The van der Waals surface area contributed by atoms with Crippen LogP contribution in [0.3, 0.4) is 0 Å². The van der Waals surface area contributed by atoms with Crippen LogP contribution in [-0.2, 0) is 24.3 Å². The van der Waals surface area contributed by atoms with E-state index >= 15 is 0 Å². The zero-order valence-corrected chi connectivity index (χ0v) is 15.9. The Hall–Kier alpha value is -2.33. The summed E-state index contributed by atoms with van der Waals surface area (Å²) in [5, 5.41) is 4.69. The lowest BCUT2D eigenvalue weighted by molar-refractivity contribution is -0.146. The number of carbonyl (C=O) groups is 3. The summed E-state index contributed by atoms with van der Waals surface area (Å²) in [5.74, 6) is -1.79. The van der Waals surface area contributed by atoms with E-state index in [1.165, 1.54) is 18.2 Å². The number of ether oxygens (including phenoxy) is 1. The Labute approximate surface area is 156 Å². The molecule has 0 bridgehead atoms. The number of benzene rings is 1. The second kappa shape index (κ2) is 9.97. The number of nitrogens with one attached hydrogen (secondary N) is 2. The maximum Gasteiger partial charge on any atom is 0.327 e. The molecule has 3 amide bonds. The van der Waals surface area contributed by atoms with Crippen molar-refractivity contribution in [3.63, 3.8) is 0 Å². The van der Waals surface area contributed by atoms with Crippen molar-refractivity contribution in [3.05, 3.63) is 29.3 Å². The number of sulfonamides is 1. The van der Waals surface area contributed by atoms with E-state index in [-0.39, 0.29) is 5.69 Å². The van der Waals surface area contributed by atoms with Gasteiger partial charge in [-0.05, 0) is 24.6 Å². The summed E-state index contributed by atoms with van der Waals surface area (Å²) in [5.41, 5.74) is 0.181.